The van der Waals surface area contributed by atoms with Crippen LogP contribution in [0.5, 0.6) is 0 Å². The van der Waals surface area contributed by atoms with Gasteiger partial charge in [-0.2, -0.15) is 0 Å². The van der Waals surface area contributed by atoms with Crippen LogP contribution in [0.25, 0.3) is 11.3 Å². The Labute approximate surface area is 158 Å². The Hall–Kier alpha value is -2.47. The zero-order valence-corrected chi connectivity index (χ0v) is 15.5. The van der Waals surface area contributed by atoms with Crippen molar-refractivity contribution in [2.45, 2.75) is 19.4 Å². The zero-order chi connectivity index (χ0) is 18.1. The highest BCUT2D eigenvalue weighted by atomic mass is 79.9. The van der Waals surface area contributed by atoms with Gasteiger partial charge in [0.1, 0.15) is 5.82 Å². The minimum Gasteiger partial charge on any atom is -0.356 e. The lowest BCUT2D eigenvalue weighted by Crippen LogP contribution is -2.36. The van der Waals surface area contributed by atoms with Gasteiger partial charge in [0.15, 0.2) is 5.76 Å². The lowest BCUT2D eigenvalue weighted by Gasteiger charge is -2.26. The third kappa shape index (κ3) is 3.42. The number of hydrogen-bond donors (Lipinski definition) is 0. The second kappa shape index (κ2) is 7.03. The van der Waals surface area contributed by atoms with E-state index in [0.29, 0.717) is 31.7 Å². The van der Waals surface area contributed by atoms with Gasteiger partial charge in [-0.05, 0) is 42.0 Å². The maximum atomic E-state index is 13.2. The van der Waals surface area contributed by atoms with Gasteiger partial charge in [-0.25, -0.2) is 4.39 Å². The third-order valence-electron chi connectivity index (χ3n) is 4.56. The fourth-order valence-electron chi connectivity index (χ4n) is 3.14. The molecule has 132 valence electrons. The summed E-state index contributed by atoms with van der Waals surface area (Å²) in [4.78, 5) is 14.5. The van der Waals surface area contributed by atoms with Crippen LogP contribution in [0, 0.1) is 5.82 Å². The van der Waals surface area contributed by atoms with E-state index in [1.54, 1.807) is 12.1 Å². The quantitative estimate of drug-likeness (QED) is 0.638. The predicted octanol–water partition coefficient (Wildman–Crippen LogP) is 4.37. The van der Waals surface area contributed by atoms with Gasteiger partial charge in [0.25, 0.3) is 0 Å². The van der Waals surface area contributed by atoms with E-state index in [-0.39, 0.29) is 11.7 Å². The average Bonchev–Trinajstić information content (AvgIpc) is 3.07. The number of rotatable bonds is 3. The summed E-state index contributed by atoms with van der Waals surface area (Å²) in [5.41, 5.74) is 3.53. The molecule has 0 spiro atoms. The lowest BCUT2D eigenvalue weighted by molar-refractivity contribution is -0.131. The van der Waals surface area contributed by atoms with Gasteiger partial charge in [0.05, 0.1) is 18.7 Å². The molecule has 4 rings (SSSR count). The van der Waals surface area contributed by atoms with Gasteiger partial charge in [-0.1, -0.05) is 33.2 Å². The normalized spacial score (nSPS) is 13.5. The van der Waals surface area contributed by atoms with E-state index in [0.717, 1.165) is 26.9 Å². The van der Waals surface area contributed by atoms with Gasteiger partial charge >= 0.3 is 0 Å². The average molecular weight is 415 g/mol. The fraction of sp³-hybridized carbons (Fsp3) is 0.200. The Morgan fingerprint density at radius 3 is 2.62 bits per heavy atom. The van der Waals surface area contributed by atoms with Crippen molar-refractivity contribution in [2.24, 2.45) is 0 Å². The lowest BCUT2D eigenvalue weighted by atomic mass is 10.0. The van der Waals surface area contributed by atoms with Crippen molar-refractivity contribution in [3.8, 4) is 11.3 Å². The summed E-state index contributed by atoms with van der Waals surface area (Å²) >= 11 is 3.40. The monoisotopic (exact) mass is 414 g/mol. The second-order valence-electron chi connectivity index (χ2n) is 6.31. The molecule has 6 heteroatoms. The Balaban J connectivity index is 1.53. The Morgan fingerprint density at radius 1 is 1.15 bits per heavy atom. The smallest absolute Gasteiger partial charge is 0.227 e. The zero-order valence-electron chi connectivity index (χ0n) is 13.9. The molecule has 0 bridgehead atoms. The molecule has 4 nitrogen and oxygen atoms in total. The highest BCUT2D eigenvalue weighted by Crippen LogP contribution is 2.30. The first-order valence-corrected chi connectivity index (χ1v) is 9.15. The summed E-state index contributed by atoms with van der Waals surface area (Å²) in [5.74, 6) is 0.388. The molecule has 0 N–H and O–H groups in total. The number of fused-ring (bicyclic) bond motifs is 1. The maximum Gasteiger partial charge on any atom is 0.227 e. The van der Waals surface area contributed by atoms with Crippen LogP contribution in [0.15, 0.2) is 57.5 Å². The van der Waals surface area contributed by atoms with E-state index in [9.17, 15) is 9.18 Å². The maximum absolute atomic E-state index is 13.2. The number of nitrogens with zero attached hydrogens (tertiary/aromatic N) is 2. The van der Waals surface area contributed by atoms with Crippen molar-refractivity contribution in [1.29, 1.82) is 0 Å². The van der Waals surface area contributed by atoms with Crippen LogP contribution in [0.4, 0.5) is 4.39 Å². The van der Waals surface area contributed by atoms with Crippen molar-refractivity contribution in [3.05, 3.63) is 75.6 Å². The molecule has 2 aromatic carbocycles. The molecule has 0 radical (unpaired) electrons. The van der Waals surface area contributed by atoms with Crippen molar-refractivity contribution in [2.75, 3.05) is 6.54 Å². The summed E-state index contributed by atoms with van der Waals surface area (Å²) in [6.45, 7) is 1.08. The number of carbonyl (C=O) groups is 1. The molecule has 0 saturated heterocycles. The van der Waals surface area contributed by atoms with Crippen molar-refractivity contribution >= 4 is 21.8 Å². The van der Waals surface area contributed by atoms with Gasteiger partial charge in [-0.15, -0.1) is 0 Å². The minimum absolute atomic E-state index is 0.0734. The number of aromatic nitrogens is 1. The number of halogens is 2. The van der Waals surface area contributed by atoms with Crippen molar-refractivity contribution < 1.29 is 13.7 Å². The van der Waals surface area contributed by atoms with Crippen LogP contribution in [0.3, 0.4) is 0 Å². The van der Waals surface area contributed by atoms with E-state index in [4.69, 9.17) is 4.52 Å². The first-order chi connectivity index (χ1) is 12.6. The van der Waals surface area contributed by atoms with E-state index in [1.807, 2.05) is 29.2 Å². The molecule has 0 unspecified atom stereocenters. The largest absolute Gasteiger partial charge is 0.356 e. The summed E-state index contributed by atoms with van der Waals surface area (Å²) in [6, 6.07) is 13.9. The minimum atomic E-state index is -0.298. The molecule has 2 heterocycles. The molecule has 0 fully saturated rings. The molecule has 0 saturated carbocycles. The second-order valence-corrected chi connectivity index (χ2v) is 7.23. The standard InChI is InChI=1S/C20H16BrFN2O2/c21-15-5-1-13(2-6-15)11-19(25)24-10-9-18-17(12-24)20(26-23-18)14-3-7-16(22)8-4-14/h1-8H,9-12H2. The van der Waals surface area contributed by atoms with Crippen molar-refractivity contribution in [3.63, 3.8) is 0 Å². The summed E-state index contributed by atoms with van der Waals surface area (Å²) in [7, 11) is 0. The van der Waals surface area contributed by atoms with E-state index in [1.165, 1.54) is 12.1 Å². The van der Waals surface area contributed by atoms with Crippen molar-refractivity contribution in [1.82, 2.24) is 10.1 Å². The SMILES string of the molecule is O=C(Cc1ccc(Br)cc1)N1CCc2noc(-c3ccc(F)cc3)c2C1. The van der Waals surface area contributed by atoms with Gasteiger partial charge < -0.3 is 9.42 Å². The van der Waals surface area contributed by atoms with E-state index >= 15 is 0 Å². The molecule has 3 aromatic rings. The van der Waals surface area contributed by atoms with Gasteiger partial charge in [0, 0.05) is 28.6 Å². The van der Waals surface area contributed by atoms with Crippen LogP contribution in [-0.4, -0.2) is 22.5 Å². The Bertz CT molecular complexity index is 935. The van der Waals surface area contributed by atoms with Crippen LogP contribution in [0.2, 0.25) is 0 Å². The topological polar surface area (TPSA) is 46.3 Å². The highest BCUT2D eigenvalue weighted by Gasteiger charge is 2.27. The predicted molar refractivity (Wildman–Crippen MR) is 98.9 cm³/mol. The summed E-state index contributed by atoms with van der Waals surface area (Å²) in [5, 5.41) is 4.13. The van der Waals surface area contributed by atoms with E-state index < -0.39 is 0 Å². The van der Waals surface area contributed by atoms with E-state index in [2.05, 4.69) is 21.1 Å². The van der Waals surface area contributed by atoms with Crippen LogP contribution in [0.1, 0.15) is 16.8 Å². The van der Waals surface area contributed by atoms with Gasteiger partial charge in [0.2, 0.25) is 5.91 Å². The first-order valence-electron chi connectivity index (χ1n) is 8.36. The molecular weight excluding hydrogens is 399 g/mol. The van der Waals surface area contributed by atoms with Gasteiger partial charge in [-0.3, -0.25) is 4.79 Å². The summed E-state index contributed by atoms with van der Waals surface area (Å²) in [6.07, 6.45) is 1.02. The summed E-state index contributed by atoms with van der Waals surface area (Å²) < 4.78 is 19.6. The Morgan fingerprint density at radius 2 is 1.88 bits per heavy atom. The van der Waals surface area contributed by atoms with Crippen LogP contribution >= 0.6 is 15.9 Å². The van der Waals surface area contributed by atoms with Crippen LogP contribution < -0.4 is 0 Å². The third-order valence-corrected chi connectivity index (χ3v) is 5.09. The number of amides is 1. The Kier molecular flexibility index (Phi) is 4.59. The fourth-order valence-corrected chi connectivity index (χ4v) is 3.41. The number of carbonyl (C=O) groups excluding carboxylic acids is 1. The van der Waals surface area contributed by atoms with Crippen LogP contribution in [-0.2, 0) is 24.2 Å². The molecule has 1 aliphatic heterocycles. The molecule has 0 aliphatic carbocycles. The molecule has 1 amide bonds. The first kappa shape index (κ1) is 17.0. The number of hydrogen-bond acceptors (Lipinski definition) is 3. The molecular formula is C20H16BrFN2O2. The molecule has 1 aromatic heterocycles. The highest BCUT2D eigenvalue weighted by molar-refractivity contribution is 9.10. The molecule has 0 atom stereocenters. The number of benzene rings is 2. The molecule has 1 aliphatic rings. The molecule has 26 heavy (non-hydrogen) atoms.